The predicted molar refractivity (Wildman–Crippen MR) is 99.8 cm³/mol. The Morgan fingerprint density at radius 3 is 2.70 bits per heavy atom. The first-order valence-corrected chi connectivity index (χ1v) is 8.66. The van der Waals surface area contributed by atoms with Gasteiger partial charge in [0.2, 0.25) is 0 Å². The summed E-state index contributed by atoms with van der Waals surface area (Å²) in [6.07, 6.45) is 1.45. The summed E-state index contributed by atoms with van der Waals surface area (Å²) in [5, 5.41) is 2.89. The van der Waals surface area contributed by atoms with E-state index in [1.807, 2.05) is 35.8 Å². The molecule has 0 fully saturated rings. The second kappa shape index (κ2) is 7.07. The van der Waals surface area contributed by atoms with Gasteiger partial charge in [-0.25, -0.2) is 9.37 Å². The predicted octanol–water partition coefficient (Wildman–Crippen LogP) is 4.31. The molecule has 0 bridgehead atoms. The Balaban J connectivity index is 1.71. The highest BCUT2D eigenvalue weighted by Crippen LogP contribution is 2.23. The highest BCUT2D eigenvalue weighted by Gasteiger charge is 2.20. The fourth-order valence-corrected chi connectivity index (χ4v) is 3.13. The van der Waals surface area contributed by atoms with Crippen molar-refractivity contribution in [2.75, 3.05) is 0 Å². The van der Waals surface area contributed by atoms with Crippen LogP contribution in [0.15, 0.2) is 71.3 Å². The zero-order valence-corrected chi connectivity index (χ0v) is 14.7. The number of carbonyl (C=O) groups is 1. The van der Waals surface area contributed by atoms with E-state index >= 15 is 0 Å². The highest BCUT2D eigenvalue weighted by atomic mass is 19.1. The molecular weight excluding hydrogens is 345 g/mol. The van der Waals surface area contributed by atoms with E-state index in [1.54, 1.807) is 30.3 Å². The van der Waals surface area contributed by atoms with Gasteiger partial charge < -0.3 is 14.3 Å². The van der Waals surface area contributed by atoms with E-state index in [1.165, 1.54) is 12.3 Å². The minimum Gasteiger partial charge on any atom is -0.459 e. The van der Waals surface area contributed by atoms with Gasteiger partial charge in [0, 0.05) is 5.56 Å². The number of fused-ring (bicyclic) bond motifs is 1. The largest absolute Gasteiger partial charge is 0.459 e. The first kappa shape index (κ1) is 17.0. The van der Waals surface area contributed by atoms with Crippen LogP contribution in [0.1, 0.15) is 34.9 Å². The Morgan fingerprint density at radius 1 is 1.15 bits per heavy atom. The van der Waals surface area contributed by atoms with Crippen molar-refractivity contribution < 1.29 is 13.6 Å². The van der Waals surface area contributed by atoms with Crippen LogP contribution in [-0.2, 0) is 6.54 Å². The summed E-state index contributed by atoms with van der Waals surface area (Å²) in [7, 11) is 0. The number of para-hydroxylation sites is 2. The molecule has 2 heterocycles. The van der Waals surface area contributed by atoms with Crippen LogP contribution in [0.4, 0.5) is 4.39 Å². The third kappa shape index (κ3) is 3.33. The minimum absolute atomic E-state index is 0.235. The van der Waals surface area contributed by atoms with Gasteiger partial charge in [-0.1, -0.05) is 30.3 Å². The Morgan fingerprint density at radius 2 is 1.93 bits per heavy atom. The molecule has 4 aromatic rings. The zero-order chi connectivity index (χ0) is 18.8. The number of furan rings is 1. The molecular formula is C21H18FN3O2. The third-order valence-electron chi connectivity index (χ3n) is 4.45. The van der Waals surface area contributed by atoms with E-state index in [4.69, 9.17) is 4.42 Å². The van der Waals surface area contributed by atoms with E-state index in [0.717, 1.165) is 11.0 Å². The smallest absolute Gasteiger partial charge is 0.287 e. The molecule has 6 heteroatoms. The standard InChI is InChI=1S/C21H18FN3O2/c1-14(23-21(26)19-11-6-12-27-19)20-24-17-9-4-5-10-18(17)25(20)13-15-7-2-3-8-16(15)22/h2-12,14H,13H2,1H3,(H,23,26)/t14-/m0/s1. The lowest BCUT2D eigenvalue weighted by molar-refractivity contribution is 0.0909. The average Bonchev–Trinajstić information content (AvgIpc) is 3.32. The fourth-order valence-electron chi connectivity index (χ4n) is 3.13. The molecule has 27 heavy (non-hydrogen) atoms. The topological polar surface area (TPSA) is 60.1 Å². The minimum atomic E-state index is -0.387. The molecule has 0 aliphatic heterocycles. The van der Waals surface area contributed by atoms with Gasteiger partial charge in [-0.05, 0) is 37.3 Å². The monoisotopic (exact) mass is 363 g/mol. The van der Waals surface area contributed by atoms with Crippen molar-refractivity contribution in [3.05, 3.63) is 89.9 Å². The molecule has 2 aromatic carbocycles. The molecule has 1 atom stereocenters. The summed E-state index contributed by atoms with van der Waals surface area (Å²) < 4.78 is 21.3. The van der Waals surface area contributed by atoms with Gasteiger partial charge in [-0.15, -0.1) is 0 Å². The summed E-state index contributed by atoms with van der Waals surface area (Å²) in [6.45, 7) is 2.17. The average molecular weight is 363 g/mol. The number of nitrogens with zero attached hydrogens (tertiary/aromatic N) is 2. The van der Waals surface area contributed by atoms with E-state index in [2.05, 4.69) is 10.3 Å². The molecule has 0 saturated heterocycles. The van der Waals surface area contributed by atoms with E-state index in [-0.39, 0.29) is 23.5 Å². The van der Waals surface area contributed by atoms with Gasteiger partial charge in [-0.3, -0.25) is 4.79 Å². The Kier molecular flexibility index (Phi) is 4.46. The number of rotatable bonds is 5. The molecule has 0 aliphatic carbocycles. The van der Waals surface area contributed by atoms with Gasteiger partial charge >= 0.3 is 0 Å². The Labute approximate surface area is 155 Å². The maximum Gasteiger partial charge on any atom is 0.287 e. The number of hydrogen-bond donors (Lipinski definition) is 1. The molecule has 5 nitrogen and oxygen atoms in total. The van der Waals surface area contributed by atoms with Crippen molar-refractivity contribution in [2.45, 2.75) is 19.5 Å². The van der Waals surface area contributed by atoms with Crippen molar-refractivity contribution in [2.24, 2.45) is 0 Å². The van der Waals surface area contributed by atoms with Crippen molar-refractivity contribution in [1.29, 1.82) is 0 Å². The molecule has 1 amide bonds. The van der Waals surface area contributed by atoms with Crippen LogP contribution in [0.2, 0.25) is 0 Å². The van der Waals surface area contributed by atoms with Crippen LogP contribution in [0, 0.1) is 5.82 Å². The second-order valence-electron chi connectivity index (χ2n) is 6.31. The van der Waals surface area contributed by atoms with Gasteiger partial charge in [0.1, 0.15) is 11.6 Å². The number of imidazole rings is 1. The SMILES string of the molecule is C[C@H](NC(=O)c1ccco1)c1nc2ccccc2n1Cc1ccccc1F. The van der Waals surface area contributed by atoms with Crippen LogP contribution < -0.4 is 5.32 Å². The molecule has 0 aliphatic rings. The summed E-state index contributed by atoms with van der Waals surface area (Å²) in [4.78, 5) is 17.0. The molecule has 136 valence electrons. The summed E-state index contributed by atoms with van der Waals surface area (Å²) in [5.74, 6) is 0.295. The van der Waals surface area contributed by atoms with Crippen molar-refractivity contribution >= 4 is 16.9 Å². The Hall–Kier alpha value is -3.41. The lowest BCUT2D eigenvalue weighted by atomic mass is 10.2. The van der Waals surface area contributed by atoms with Crippen LogP contribution in [0.3, 0.4) is 0 Å². The molecule has 0 unspecified atom stereocenters. The normalized spacial score (nSPS) is 12.2. The first-order chi connectivity index (χ1) is 13.1. The summed E-state index contributed by atoms with van der Waals surface area (Å²) >= 11 is 0. The number of halogens is 1. The number of aromatic nitrogens is 2. The molecule has 2 aromatic heterocycles. The number of hydrogen-bond acceptors (Lipinski definition) is 3. The maximum absolute atomic E-state index is 14.2. The van der Waals surface area contributed by atoms with Crippen LogP contribution in [-0.4, -0.2) is 15.5 Å². The molecule has 4 rings (SSSR count). The van der Waals surface area contributed by atoms with Crippen LogP contribution in [0.5, 0.6) is 0 Å². The summed E-state index contributed by atoms with van der Waals surface area (Å²) in [6, 6.07) is 17.2. The molecule has 0 saturated carbocycles. The van der Waals surface area contributed by atoms with Gasteiger partial charge in [0.25, 0.3) is 5.91 Å². The number of benzene rings is 2. The maximum atomic E-state index is 14.2. The van der Waals surface area contributed by atoms with Gasteiger partial charge in [0.15, 0.2) is 5.76 Å². The number of nitrogens with one attached hydrogen (secondary N) is 1. The third-order valence-corrected chi connectivity index (χ3v) is 4.45. The van der Waals surface area contributed by atoms with E-state index in [0.29, 0.717) is 17.9 Å². The van der Waals surface area contributed by atoms with Gasteiger partial charge in [-0.2, -0.15) is 0 Å². The molecule has 0 radical (unpaired) electrons. The number of carbonyl (C=O) groups excluding carboxylic acids is 1. The lowest BCUT2D eigenvalue weighted by Crippen LogP contribution is -2.28. The van der Waals surface area contributed by atoms with Crippen LogP contribution >= 0.6 is 0 Å². The first-order valence-electron chi connectivity index (χ1n) is 8.66. The van der Waals surface area contributed by atoms with Crippen molar-refractivity contribution in [3.8, 4) is 0 Å². The summed E-state index contributed by atoms with van der Waals surface area (Å²) in [5.41, 5.74) is 2.24. The highest BCUT2D eigenvalue weighted by molar-refractivity contribution is 5.91. The van der Waals surface area contributed by atoms with E-state index in [9.17, 15) is 9.18 Å². The molecule has 0 spiro atoms. The Bertz CT molecular complexity index is 1090. The second-order valence-corrected chi connectivity index (χ2v) is 6.31. The number of amides is 1. The lowest BCUT2D eigenvalue weighted by Gasteiger charge is -2.16. The van der Waals surface area contributed by atoms with Crippen molar-refractivity contribution in [3.63, 3.8) is 0 Å². The molecule has 1 N–H and O–H groups in total. The zero-order valence-electron chi connectivity index (χ0n) is 14.7. The van der Waals surface area contributed by atoms with E-state index < -0.39 is 0 Å². The van der Waals surface area contributed by atoms with Crippen molar-refractivity contribution in [1.82, 2.24) is 14.9 Å². The van der Waals surface area contributed by atoms with Gasteiger partial charge in [0.05, 0.1) is 29.9 Å². The fraction of sp³-hybridized carbons (Fsp3) is 0.143. The quantitative estimate of drug-likeness (QED) is 0.575. The van der Waals surface area contributed by atoms with Crippen LogP contribution in [0.25, 0.3) is 11.0 Å².